The number of carboxylic acids is 1. The van der Waals surface area contributed by atoms with Gasteiger partial charge in [0, 0.05) is 36.7 Å². The van der Waals surface area contributed by atoms with E-state index in [-0.39, 0.29) is 17.0 Å². The third kappa shape index (κ3) is 4.05. The molecule has 6 heteroatoms. The van der Waals surface area contributed by atoms with E-state index in [1.165, 1.54) is 6.07 Å². The lowest BCUT2D eigenvalue weighted by Gasteiger charge is -2.05. The van der Waals surface area contributed by atoms with Crippen molar-refractivity contribution >= 4 is 22.6 Å². The average molecular weight is 290 g/mol. The van der Waals surface area contributed by atoms with Crippen LogP contribution in [-0.4, -0.2) is 20.6 Å². The van der Waals surface area contributed by atoms with E-state index >= 15 is 0 Å². The fourth-order valence-electron chi connectivity index (χ4n) is 2.39. The van der Waals surface area contributed by atoms with Crippen molar-refractivity contribution in [3.05, 3.63) is 40.6 Å². The number of aryl methyl sites for hydroxylation is 1. The molecular weight excluding hydrogens is 272 g/mol. The van der Waals surface area contributed by atoms with E-state index in [0.29, 0.717) is 6.42 Å². The molecule has 2 aromatic rings. The first-order chi connectivity index (χ1) is 10.1. The quantitative estimate of drug-likeness (QED) is 0.457. The number of carboxylic acid groups (broad SMARTS) is 1. The van der Waals surface area contributed by atoms with Crippen LogP contribution in [-0.2, 0) is 11.3 Å². The summed E-state index contributed by atoms with van der Waals surface area (Å²) in [6, 6.07) is 6.82. The SMILES string of the molecule is O=C(O)CCCCCCn1ccc2ccc([N+](=O)[O-])cc21. The first-order valence-corrected chi connectivity index (χ1v) is 7.03. The maximum Gasteiger partial charge on any atom is 0.303 e. The van der Waals surface area contributed by atoms with Gasteiger partial charge in [-0.05, 0) is 25.0 Å². The van der Waals surface area contributed by atoms with Gasteiger partial charge in [-0.1, -0.05) is 12.8 Å². The van der Waals surface area contributed by atoms with E-state index in [9.17, 15) is 14.9 Å². The van der Waals surface area contributed by atoms with Crippen molar-refractivity contribution < 1.29 is 14.8 Å². The van der Waals surface area contributed by atoms with Gasteiger partial charge in [0.25, 0.3) is 5.69 Å². The summed E-state index contributed by atoms with van der Waals surface area (Å²) in [5.74, 6) is -0.751. The van der Waals surface area contributed by atoms with E-state index in [1.807, 2.05) is 16.8 Å². The molecule has 6 nitrogen and oxygen atoms in total. The molecule has 0 aliphatic carbocycles. The van der Waals surface area contributed by atoms with Crippen molar-refractivity contribution in [1.29, 1.82) is 0 Å². The Kier molecular flexibility index (Phi) is 4.92. The molecule has 1 aromatic carbocycles. The monoisotopic (exact) mass is 290 g/mol. The molecule has 0 saturated carbocycles. The van der Waals surface area contributed by atoms with Gasteiger partial charge >= 0.3 is 5.97 Å². The highest BCUT2D eigenvalue weighted by molar-refractivity contribution is 5.82. The second-order valence-corrected chi connectivity index (χ2v) is 5.07. The lowest BCUT2D eigenvalue weighted by molar-refractivity contribution is -0.384. The molecule has 0 aliphatic heterocycles. The topological polar surface area (TPSA) is 85.4 Å². The van der Waals surface area contributed by atoms with Crippen molar-refractivity contribution in [2.45, 2.75) is 38.6 Å². The van der Waals surface area contributed by atoms with Crippen molar-refractivity contribution in [3.8, 4) is 0 Å². The highest BCUT2D eigenvalue weighted by Gasteiger charge is 2.08. The minimum Gasteiger partial charge on any atom is -0.481 e. The Morgan fingerprint density at radius 3 is 2.67 bits per heavy atom. The lowest BCUT2D eigenvalue weighted by Crippen LogP contribution is -1.98. The second kappa shape index (κ2) is 6.88. The van der Waals surface area contributed by atoms with Gasteiger partial charge in [0.15, 0.2) is 0 Å². The summed E-state index contributed by atoms with van der Waals surface area (Å²) < 4.78 is 2.01. The number of benzene rings is 1. The van der Waals surface area contributed by atoms with E-state index in [4.69, 9.17) is 5.11 Å². The summed E-state index contributed by atoms with van der Waals surface area (Å²) in [6.07, 6.45) is 5.65. The van der Waals surface area contributed by atoms with E-state index in [2.05, 4.69) is 0 Å². The normalized spacial score (nSPS) is 10.9. The molecule has 0 unspecified atom stereocenters. The molecule has 0 atom stereocenters. The van der Waals surface area contributed by atoms with Crippen LogP contribution in [0.2, 0.25) is 0 Å². The van der Waals surface area contributed by atoms with Gasteiger partial charge in [0.2, 0.25) is 0 Å². The summed E-state index contributed by atoms with van der Waals surface area (Å²) in [4.78, 5) is 20.8. The first kappa shape index (κ1) is 15.0. The average Bonchev–Trinajstić information content (AvgIpc) is 2.84. The van der Waals surface area contributed by atoms with Crippen LogP contribution in [0.15, 0.2) is 30.5 Å². The van der Waals surface area contributed by atoms with Crippen molar-refractivity contribution in [3.63, 3.8) is 0 Å². The van der Waals surface area contributed by atoms with Crippen LogP contribution in [0, 0.1) is 10.1 Å². The third-order valence-corrected chi connectivity index (χ3v) is 3.51. The molecule has 0 amide bonds. The summed E-state index contributed by atoms with van der Waals surface area (Å²) in [5, 5.41) is 20.4. The van der Waals surface area contributed by atoms with E-state index < -0.39 is 5.97 Å². The summed E-state index contributed by atoms with van der Waals surface area (Å²) in [6.45, 7) is 0.789. The van der Waals surface area contributed by atoms with Gasteiger partial charge in [-0.3, -0.25) is 14.9 Å². The zero-order valence-corrected chi connectivity index (χ0v) is 11.7. The number of nitro groups is 1. The van der Waals surface area contributed by atoms with Crippen LogP contribution in [0.25, 0.3) is 10.9 Å². The fourth-order valence-corrected chi connectivity index (χ4v) is 2.39. The molecule has 0 aliphatic rings. The number of hydrogen-bond acceptors (Lipinski definition) is 3. The van der Waals surface area contributed by atoms with Crippen LogP contribution >= 0.6 is 0 Å². The largest absolute Gasteiger partial charge is 0.481 e. The maximum absolute atomic E-state index is 10.8. The summed E-state index contributed by atoms with van der Waals surface area (Å²) >= 11 is 0. The number of non-ortho nitro benzene ring substituents is 1. The molecule has 0 saturated heterocycles. The number of fused-ring (bicyclic) bond motifs is 1. The number of aliphatic carboxylic acids is 1. The summed E-state index contributed by atoms with van der Waals surface area (Å²) in [5.41, 5.74) is 0.971. The Balaban J connectivity index is 1.91. The van der Waals surface area contributed by atoms with Crippen molar-refractivity contribution in [2.24, 2.45) is 0 Å². The van der Waals surface area contributed by atoms with Gasteiger partial charge < -0.3 is 9.67 Å². The molecule has 2 rings (SSSR count). The molecule has 1 aromatic heterocycles. The first-order valence-electron chi connectivity index (χ1n) is 7.03. The Labute approximate surface area is 122 Å². The summed E-state index contributed by atoms with van der Waals surface area (Å²) in [7, 11) is 0. The molecular formula is C15H18N2O4. The predicted octanol–water partition coefficient (Wildman–Crippen LogP) is 3.58. The number of nitro benzene ring substituents is 1. The molecule has 1 heterocycles. The molecule has 0 bridgehead atoms. The maximum atomic E-state index is 10.8. The van der Waals surface area contributed by atoms with E-state index in [1.54, 1.807) is 12.1 Å². The molecule has 0 spiro atoms. The zero-order chi connectivity index (χ0) is 15.2. The molecule has 112 valence electrons. The minimum atomic E-state index is -0.751. The Hall–Kier alpha value is -2.37. The highest BCUT2D eigenvalue weighted by Crippen LogP contribution is 2.22. The number of nitrogens with zero attached hydrogens (tertiary/aromatic N) is 2. The number of unbranched alkanes of at least 4 members (excludes halogenated alkanes) is 3. The number of hydrogen-bond donors (Lipinski definition) is 1. The Morgan fingerprint density at radius 2 is 1.95 bits per heavy atom. The lowest BCUT2D eigenvalue weighted by atomic mass is 10.1. The number of rotatable bonds is 8. The van der Waals surface area contributed by atoms with Gasteiger partial charge in [-0.15, -0.1) is 0 Å². The number of carbonyl (C=O) groups is 1. The van der Waals surface area contributed by atoms with Crippen LogP contribution in [0.3, 0.4) is 0 Å². The van der Waals surface area contributed by atoms with Gasteiger partial charge in [0.1, 0.15) is 0 Å². The van der Waals surface area contributed by atoms with Crippen LogP contribution in [0.5, 0.6) is 0 Å². The van der Waals surface area contributed by atoms with Crippen LogP contribution in [0.4, 0.5) is 5.69 Å². The highest BCUT2D eigenvalue weighted by atomic mass is 16.6. The van der Waals surface area contributed by atoms with Crippen molar-refractivity contribution in [1.82, 2.24) is 4.57 Å². The fraction of sp³-hybridized carbons (Fsp3) is 0.400. The predicted molar refractivity (Wildman–Crippen MR) is 79.3 cm³/mol. The molecule has 0 radical (unpaired) electrons. The molecule has 21 heavy (non-hydrogen) atoms. The zero-order valence-electron chi connectivity index (χ0n) is 11.7. The van der Waals surface area contributed by atoms with Gasteiger partial charge in [-0.2, -0.15) is 0 Å². The van der Waals surface area contributed by atoms with Gasteiger partial charge in [0.05, 0.1) is 10.4 Å². The Morgan fingerprint density at radius 1 is 1.19 bits per heavy atom. The number of aromatic nitrogens is 1. The van der Waals surface area contributed by atoms with Crippen LogP contribution < -0.4 is 0 Å². The van der Waals surface area contributed by atoms with Crippen LogP contribution in [0.1, 0.15) is 32.1 Å². The standard InChI is InChI=1S/C15H18N2O4/c18-15(19)5-3-1-2-4-9-16-10-8-12-6-7-13(17(20)21)11-14(12)16/h6-8,10-11H,1-5,9H2,(H,18,19). The molecule has 0 fully saturated rings. The minimum absolute atomic E-state index is 0.101. The van der Waals surface area contributed by atoms with Gasteiger partial charge in [-0.25, -0.2) is 0 Å². The smallest absolute Gasteiger partial charge is 0.303 e. The van der Waals surface area contributed by atoms with E-state index in [0.717, 1.165) is 36.7 Å². The third-order valence-electron chi connectivity index (χ3n) is 3.51. The molecule has 1 N–H and O–H groups in total. The second-order valence-electron chi connectivity index (χ2n) is 5.07. The van der Waals surface area contributed by atoms with Crippen molar-refractivity contribution in [2.75, 3.05) is 0 Å². The Bertz CT molecular complexity index is 648.